The number of nitrogens with zero attached hydrogens (tertiary/aromatic N) is 3. The van der Waals surface area contributed by atoms with Crippen molar-refractivity contribution < 1.29 is 4.79 Å². The molecular formula is C23H28N6O. The second-order valence-corrected chi connectivity index (χ2v) is 6.90. The van der Waals surface area contributed by atoms with Crippen molar-refractivity contribution >= 4 is 17.6 Å². The van der Waals surface area contributed by atoms with Crippen LogP contribution >= 0.6 is 0 Å². The molecule has 0 fully saturated rings. The molecule has 2 aromatic carbocycles. The predicted molar refractivity (Wildman–Crippen MR) is 120 cm³/mol. The van der Waals surface area contributed by atoms with E-state index in [1.54, 1.807) is 6.20 Å². The van der Waals surface area contributed by atoms with Crippen LogP contribution < -0.4 is 16.0 Å². The molecular weight excluding hydrogens is 376 g/mol. The van der Waals surface area contributed by atoms with Crippen LogP contribution in [-0.2, 0) is 24.4 Å². The number of rotatable bonds is 8. The first-order valence-electron chi connectivity index (χ1n) is 10.1. The van der Waals surface area contributed by atoms with Gasteiger partial charge in [0.15, 0.2) is 5.96 Å². The number of guanidine groups is 1. The molecule has 156 valence electrons. The minimum absolute atomic E-state index is 0.0839. The lowest BCUT2D eigenvalue weighted by Crippen LogP contribution is -2.37. The second kappa shape index (κ2) is 10.8. The van der Waals surface area contributed by atoms with E-state index in [0.29, 0.717) is 13.1 Å². The first-order valence-corrected chi connectivity index (χ1v) is 10.1. The van der Waals surface area contributed by atoms with Crippen molar-refractivity contribution in [2.45, 2.75) is 33.5 Å². The fourth-order valence-corrected chi connectivity index (χ4v) is 3.09. The molecule has 3 aromatic rings. The van der Waals surface area contributed by atoms with Gasteiger partial charge < -0.3 is 16.0 Å². The van der Waals surface area contributed by atoms with Gasteiger partial charge in [0.05, 0.1) is 13.1 Å². The summed E-state index contributed by atoms with van der Waals surface area (Å²) < 4.78 is 1.92. The highest BCUT2D eigenvalue weighted by molar-refractivity contribution is 5.88. The maximum atomic E-state index is 11.3. The van der Waals surface area contributed by atoms with Crippen molar-refractivity contribution in [1.29, 1.82) is 0 Å². The van der Waals surface area contributed by atoms with Crippen LogP contribution in [0.3, 0.4) is 0 Å². The van der Waals surface area contributed by atoms with Gasteiger partial charge in [-0.3, -0.25) is 9.48 Å². The summed E-state index contributed by atoms with van der Waals surface area (Å²) in [5.41, 5.74) is 4.22. The van der Waals surface area contributed by atoms with Gasteiger partial charge in [-0.25, -0.2) is 4.99 Å². The molecule has 0 aliphatic rings. The van der Waals surface area contributed by atoms with Gasteiger partial charge >= 0.3 is 0 Å². The Kier molecular flexibility index (Phi) is 7.60. The standard InChI is InChI=1S/C23H28N6O/c1-3-24-23(25-15-19-8-6-11-22(14-19)28-18(2)30)26-16-20-9-4-5-10-21(20)17-29-13-7-12-27-29/h4-14H,3,15-17H2,1-2H3,(H,28,30)(H2,24,25,26). The van der Waals surface area contributed by atoms with E-state index < -0.39 is 0 Å². The summed E-state index contributed by atoms with van der Waals surface area (Å²) >= 11 is 0. The highest BCUT2D eigenvalue weighted by atomic mass is 16.1. The van der Waals surface area contributed by atoms with E-state index in [2.05, 4.69) is 38.2 Å². The number of carbonyl (C=O) groups is 1. The molecule has 0 radical (unpaired) electrons. The number of aliphatic imine (C=N–C) groups is 1. The Bertz CT molecular complexity index is 981. The quantitative estimate of drug-likeness (QED) is 0.398. The maximum absolute atomic E-state index is 11.3. The molecule has 7 heteroatoms. The van der Waals surface area contributed by atoms with Crippen LogP contribution in [-0.4, -0.2) is 28.2 Å². The van der Waals surface area contributed by atoms with E-state index in [4.69, 9.17) is 0 Å². The van der Waals surface area contributed by atoms with Crippen molar-refractivity contribution in [2.24, 2.45) is 4.99 Å². The average molecular weight is 405 g/mol. The van der Waals surface area contributed by atoms with Gasteiger partial charge in [0.1, 0.15) is 0 Å². The van der Waals surface area contributed by atoms with Gasteiger partial charge in [-0.2, -0.15) is 5.10 Å². The molecule has 0 atom stereocenters. The monoisotopic (exact) mass is 404 g/mol. The van der Waals surface area contributed by atoms with Crippen LogP contribution in [0.2, 0.25) is 0 Å². The summed E-state index contributed by atoms with van der Waals surface area (Å²) in [6.45, 7) is 6.22. The van der Waals surface area contributed by atoms with Crippen molar-refractivity contribution in [3.8, 4) is 0 Å². The lowest BCUT2D eigenvalue weighted by molar-refractivity contribution is -0.114. The lowest BCUT2D eigenvalue weighted by Gasteiger charge is -2.14. The number of carbonyl (C=O) groups excluding carboxylic acids is 1. The van der Waals surface area contributed by atoms with Crippen LogP contribution in [0.5, 0.6) is 0 Å². The molecule has 0 spiro atoms. The summed E-state index contributed by atoms with van der Waals surface area (Å²) in [6.07, 6.45) is 3.75. The normalized spacial score (nSPS) is 11.2. The molecule has 0 unspecified atom stereocenters. The number of aromatic nitrogens is 2. The Labute approximate surface area is 177 Å². The second-order valence-electron chi connectivity index (χ2n) is 6.90. The smallest absolute Gasteiger partial charge is 0.221 e. The van der Waals surface area contributed by atoms with Crippen LogP contribution in [0.25, 0.3) is 0 Å². The molecule has 0 aliphatic heterocycles. The predicted octanol–water partition coefficient (Wildman–Crippen LogP) is 3.15. The molecule has 7 nitrogen and oxygen atoms in total. The SMILES string of the molecule is CCNC(=NCc1cccc(NC(C)=O)c1)NCc1ccccc1Cn1cccn1. The molecule has 3 rings (SSSR count). The zero-order chi connectivity index (χ0) is 21.2. The Morgan fingerprint density at radius 1 is 1.07 bits per heavy atom. The topological polar surface area (TPSA) is 83.3 Å². The minimum atomic E-state index is -0.0839. The zero-order valence-corrected chi connectivity index (χ0v) is 17.4. The molecule has 3 N–H and O–H groups in total. The van der Waals surface area contributed by atoms with Crippen LogP contribution in [0, 0.1) is 0 Å². The lowest BCUT2D eigenvalue weighted by atomic mass is 10.1. The largest absolute Gasteiger partial charge is 0.357 e. The summed E-state index contributed by atoms with van der Waals surface area (Å²) in [5.74, 6) is 0.663. The van der Waals surface area contributed by atoms with E-state index in [0.717, 1.165) is 30.3 Å². The number of benzene rings is 2. The Morgan fingerprint density at radius 2 is 1.90 bits per heavy atom. The minimum Gasteiger partial charge on any atom is -0.357 e. The van der Waals surface area contributed by atoms with Gasteiger partial charge in [-0.1, -0.05) is 36.4 Å². The molecule has 0 bridgehead atoms. The molecule has 1 amide bonds. The van der Waals surface area contributed by atoms with Gasteiger partial charge in [0, 0.05) is 38.1 Å². The third-order valence-electron chi connectivity index (χ3n) is 4.47. The third-order valence-corrected chi connectivity index (χ3v) is 4.47. The van der Waals surface area contributed by atoms with E-state index in [-0.39, 0.29) is 5.91 Å². The summed E-state index contributed by atoms with van der Waals surface area (Å²) in [7, 11) is 0. The van der Waals surface area contributed by atoms with Crippen molar-refractivity contribution in [2.75, 3.05) is 11.9 Å². The fourth-order valence-electron chi connectivity index (χ4n) is 3.09. The van der Waals surface area contributed by atoms with E-state index in [9.17, 15) is 4.79 Å². The van der Waals surface area contributed by atoms with Crippen LogP contribution in [0.4, 0.5) is 5.69 Å². The third kappa shape index (κ3) is 6.48. The average Bonchev–Trinajstić information content (AvgIpc) is 3.24. The molecule has 0 saturated heterocycles. The maximum Gasteiger partial charge on any atom is 0.221 e. The summed E-state index contributed by atoms with van der Waals surface area (Å²) in [4.78, 5) is 15.9. The Hall–Kier alpha value is -3.61. The van der Waals surface area contributed by atoms with E-state index in [1.165, 1.54) is 18.1 Å². The number of hydrogen-bond donors (Lipinski definition) is 3. The van der Waals surface area contributed by atoms with Gasteiger partial charge in [0.2, 0.25) is 5.91 Å². The van der Waals surface area contributed by atoms with E-state index in [1.807, 2.05) is 60.3 Å². The van der Waals surface area contributed by atoms with Gasteiger partial charge in [0.25, 0.3) is 0 Å². The van der Waals surface area contributed by atoms with Crippen molar-refractivity contribution in [1.82, 2.24) is 20.4 Å². The molecule has 0 aliphatic carbocycles. The number of anilines is 1. The molecule has 1 heterocycles. The first-order chi connectivity index (χ1) is 14.6. The van der Waals surface area contributed by atoms with Gasteiger partial charge in [-0.15, -0.1) is 0 Å². The Balaban J connectivity index is 1.65. The zero-order valence-electron chi connectivity index (χ0n) is 17.4. The Morgan fingerprint density at radius 3 is 2.63 bits per heavy atom. The van der Waals surface area contributed by atoms with E-state index >= 15 is 0 Å². The summed E-state index contributed by atoms with van der Waals surface area (Å²) in [6, 6.07) is 18.0. The number of hydrogen-bond acceptors (Lipinski definition) is 3. The van der Waals surface area contributed by atoms with Gasteiger partial charge in [-0.05, 0) is 41.8 Å². The molecule has 0 saturated carbocycles. The summed E-state index contributed by atoms with van der Waals surface area (Å²) in [5, 5.41) is 13.8. The highest BCUT2D eigenvalue weighted by Crippen LogP contribution is 2.12. The number of amides is 1. The van der Waals surface area contributed by atoms with Crippen LogP contribution in [0.1, 0.15) is 30.5 Å². The highest BCUT2D eigenvalue weighted by Gasteiger charge is 2.05. The van der Waals surface area contributed by atoms with Crippen LogP contribution in [0.15, 0.2) is 72.0 Å². The first kappa shape index (κ1) is 21.1. The van der Waals surface area contributed by atoms with Crippen molar-refractivity contribution in [3.05, 3.63) is 83.7 Å². The molecule has 30 heavy (non-hydrogen) atoms. The fraction of sp³-hybridized carbons (Fsp3) is 0.261. The number of nitrogens with one attached hydrogen (secondary N) is 3. The van der Waals surface area contributed by atoms with Crippen molar-refractivity contribution in [3.63, 3.8) is 0 Å². The molecule has 1 aromatic heterocycles.